The zero-order valence-electron chi connectivity index (χ0n) is 12.5. The summed E-state index contributed by atoms with van der Waals surface area (Å²) in [6.07, 6.45) is 2.35. The van der Waals surface area contributed by atoms with Crippen molar-refractivity contribution in [1.82, 2.24) is 5.32 Å². The highest BCUT2D eigenvalue weighted by Crippen LogP contribution is 2.52. The van der Waals surface area contributed by atoms with E-state index >= 15 is 0 Å². The molecule has 2 aliphatic rings. The van der Waals surface area contributed by atoms with E-state index in [1.165, 1.54) is 23.3 Å². The van der Waals surface area contributed by atoms with Gasteiger partial charge in [0.2, 0.25) is 0 Å². The van der Waals surface area contributed by atoms with Crippen LogP contribution in [0.2, 0.25) is 0 Å². The third kappa shape index (κ3) is 2.64. The van der Waals surface area contributed by atoms with Crippen LogP contribution in [0, 0.1) is 5.92 Å². The number of hydrogen-bond acceptors (Lipinski definition) is 2. The summed E-state index contributed by atoms with van der Waals surface area (Å²) >= 11 is 0. The van der Waals surface area contributed by atoms with Gasteiger partial charge in [0.15, 0.2) is 0 Å². The molecule has 1 heterocycles. The number of para-hydroxylation sites is 1. The van der Waals surface area contributed by atoms with Crippen LogP contribution < -0.4 is 10.1 Å². The molecule has 1 saturated carbocycles. The molecule has 3 rings (SSSR count). The van der Waals surface area contributed by atoms with Crippen LogP contribution in [0.3, 0.4) is 0 Å². The van der Waals surface area contributed by atoms with Gasteiger partial charge in [0.1, 0.15) is 11.4 Å². The Hall–Kier alpha value is -1.02. The summed E-state index contributed by atoms with van der Waals surface area (Å²) in [5, 5.41) is 3.55. The maximum atomic E-state index is 6.18. The Kier molecular flexibility index (Phi) is 3.09. The maximum absolute atomic E-state index is 6.18. The van der Waals surface area contributed by atoms with E-state index < -0.39 is 0 Å². The van der Waals surface area contributed by atoms with Crippen LogP contribution in [0.5, 0.6) is 5.75 Å². The molecule has 1 N–H and O–H groups in total. The summed E-state index contributed by atoms with van der Waals surface area (Å²) < 4.78 is 6.18. The molecule has 2 nitrogen and oxygen atoms in total. The molecular weight excluding hydrogens is 234 g/mol. The van der Waals surface area contributed by atoms with E-state index in [2.05, 4.69) is 51.2 Å². The average molecular weight is 259 g/mol. The van der Waals surface area contributed by atoms with Crippen molar-refractivity contribution >= 4 is 0 Å². The molecule has 2 unspecified atom stereocenters. The summed E-state index contributed by atoms with van der Waals surface area (Å²) in [6, 6.07) is 7.26. The summed E-state index contributed by atoms with van der Waals surface area (Å²) in [7, 11) is 0. The SMILES string of the molecule is CC(C)NCC1CC1c1cccc2c1OC(C)(C)C2. The van der Waals surface area contributed by atoms with Crippen LogP contribution in [-0.4, -0.2) is 18.2 Å². The van der Waals surface area contributed by atoms with Crippen LogP contribution in [0.1, 0.15) is 51.2 Å². The minimum absolute atomic E-state index is 0.0288. The van der Waals surface area contributed by atoms with E-state index in [1.807, 2.05) is 0 Å². The number of benzene rings is 1. The van der Waals surface area contributed by atoms with Crippen LogP contribution in [0.4, 0.5) is 0 Å². The van der Waals surface area contributed by atoms with E-state index in [0.717, 1.165) is 18.9 Å². The van der Waals surface area contributed by atoms with Crippen molar-refractivity contribution in [3.8, 4) is 5.75 Å². The minimum Gasteiger partial charge on any atom is -0.487 e. The van der Waals surface area contributed by atoms with Crippen LogP contribution in [-0.2, 0) is 6.42 Å². The molecule has 19 heavy (non-hydrogen) atoms. The van der Waals surface area contributed by atoms with Crippen LogP contribution in [0.25, 0.3) is 0 Å². The number of nitrogens with one attached hydrogen (secondary N) is 1. The first-order chi connectivity index (χ1) is 8.96. The van der Waals surface area contributed by atoms with Gasteiger partial charge in [-0.1, -0.05) is 32.0 Å². The molecule has 1 aliphatic heterocycles. The molecule has 1 aromatic carbocycles. The van der Waals surface area contributed by atoms with E-state index in [0.29, 0.717) is 12.0 Å². The molecule has 1 fully saturated rings. The molecule has 0 amide bonds. The van der Waals surface area contributed by atoms with Gasteiger partial charge in [0, 0.05) is 12.5 Å². The lowest BCUT2D eigenvalue weighted by Gasteiger charge is -2.18. The highest BCUT2D eigenvalue weighted by Gasteiger charge is 2.42. The first-order valence-electron chi connectivity index (χ1n) is 7.50. The van der Waals surface area contributed by atoms with Gasteiger partial charge in [0.25, 0.3) is 0 Å². The second kappa shape index (κ2) is 4.52. The van der Waals surface area contributed by atoms with Crippen molar-refractivity contribution in [2.24, 2.45) is 5.92 Å². The fourth-order valence-corrected chi connectivity index (χ4v) is 3.17. The van der Waals surface area contributed by atoms with E-state index in [-0.39, 0.29) is 5.60 Å². The average Bonchev–Trinajstić information content (AvgIpc) is 3.00. The topological polar surface area (TPSA) is 21.3 Å². The summed E-state index contributed by atoms with van der Waals surface area (Å²) in [5.74, 6) is 2.68. The Morgan fingerprint density at radius 3 is 2.89 bits per heavy atom. The lowest BCUT2D eigenvalue weighted by molar-refractivity contribution is 0.137. The number of fused-ring (bicyclic) bond motifs is 1. The smallest absolute Gasteiger partial charge is 0.126 e. The summed E-state index contributed by atoms with van der Waals surface area (Å²) in [4.78, 5) is 0. The predicted octanol–water partition coefficient (Wildman–Crippen LogP) is 3.50. The van der Waals surface area contributed by atoms with Gasteiger partial charge in [-0.25, -0.2) is 0 Å². The second-order valence-electron chi connectivity index (χ2n) is 7.04. The van der Waals surface area contributed by atoms with Crippen molar-refractivity contribution in [3.63, 3.8) is 0 Å². The first kappa shape index (κ1) is 13.0. The third-order valence-electron chi connectivity index (χ3n) is 4.23. The first-order valence-corrected chi connectivity index (χ1v) is 7.50. The van der Waals surface area contributed by atoms with Crippen molar-refractivity contribution in [1.29, 1.82) is 0 Å². The Bertz CT molecular complexity index is 478. The van der Waals surface area contributed by atoms with Gasteiger partial charge < -0.3 is 10.1 Å². The molecule has 0 saturated heterocycles. The quantitative estimate of drug-likeness (QED) is 0.893. The highest BCUT2D eigenvalue weighted by atomic mass is 16.5. The van der Waals surface area contributed by atoms with Gasteiger partial charge in [-0.05, 0) is 49.8 Å². The minimum atomic E-state index is -0.0288. The normalized spacial score (nSPS) is 27.2. The van der Waals surface area contributed by atoms with Gasteiger partial charge >= 0.3 is 0 Å². The number of ether oxygens (including phenoxy) is 1. The summed E-state index contributed by atoms with van der Waals surface area (Å²) in [5.41, 5.74) is 2.81. The number of rotatable bonds is 4. The van der Waals surface area contributed by atoms with Crippen molar-refractivity contribution < 1.29 is 4.74 Å². The molecule has 0 aromatic heterocycles. The molecule has 1 aliphatic carbocycles. The van der Waals surface area contributed by atoms with Crippen molar-refractivity contribution in [2.75, 3.05) is 6.54 Å². The lowest BCUT2D eigenvalue weighted by Crippen LogP contribution is -2.25. The van der Waals surface area contributed by atoms with Crippen molar-refractivity contribution in [2.45, 2.75) is 58.1 Å². The fourth-order valence-electron chi connectivity index (χ4n) is 3.17. The lowest BCUT2D eigenvalue weighted by atomic mass is 9.99. The third-order valence-corrected chi connectivity index (χ3v) is 4.23. The highest BCUT2D eigenvalue weighted by molar-refractivity contribution is 5.49. The van der Waals surface area contributed by atoms with Crippen molar-refractivity contribution in [3.05, 3.63) is 29.3 Å². The van der Waals surface area contributed by atoms with Crippen LogP contribution in [0.15, 0.2) is 18.2 Å². The Morgan fingerprint density at radius 1 is 1.37 bits per heavy atom. The van der Waals surface area contributed by atoms with Gasteiger partial charge in [-0.3, -0.25) is 0 Å². The van der Waals surface area contributed by atoms with E-state index in [1.54, 1.807) is 0 Å². The zero-order chi connectivity index (χ0) is 13.6. The second-order valence-corrected chi connectivity index (χ2v) is 7.04. The Labute approximate surface area is 116 Å². The zero-order valence-corrected chi connectivity index (χ0v) is 12.5. The van der Waals surface area contributed by atoms with E-state index in [9.17, 15) is 0 Å². The molecule has 104 valence electrons. The molecule has 1 aromatic rings. The molecule has 2 heteroatoms. The Morgan fingerprint density at radius 2 is 2.16 bits per heavy atom. The van der Waals surface area contributed by atoms with Gasteiger partial charge in [-0.15, -0.1) is 0 Å². The van der Waals surface area contributed by atoms with Crippen LogP contribution >= 0.6 is 0 Å². The van der Waals surface area contributed by atoms with Gasteiger partial charge in [-0.2, -0.15) is 0 Å². The standard InChI is InChI=1S/C17H25NO/c1-11(2)18-10-13-8-15(13)14-7-5-6-12-9-17(3,4)19-16(12)14/h5-7,11,13,15,18H,8-10H2,1-4H3. The summed E-state index contributed by atoms with van der Waals surface area (Å²) in [6.45, 7) is 9.92. The Balaban J connectivity index is 1.73. The molecule has 0 spiro atoms. The molecule has 0 radical (unpaired) electrons. The maximum Gasteiger partial charge on any atom is 0.126 e. The van der Waals surface area contributed by atoms with E-state index in [4.69, 9.17) is 4.74 Å². The molecule has 2 atom stereocenters. The number of hydrogen-bond donors (Lipinski definition) is 1. The molecular formula is C17H25NO. The monoisotopic (exact) mass is 259 g/mol. The largest absolute Gasteiger partial charge is 0.487 e. The predicted molar refractivity (Wildman–Crippen MR) is 78.8 cm³/mol. The molecule has 0 bridgehead atoms. The fraction of sp³-hybridized carbons (Fsp3) is 0.647. The van der Waals surface area contributed by atoms with Gasteiger partial charge in [0.05, 0.1) is 0 Å².